The van der Waals surface area contributed by atoms with Gasteiger partial charge in [-0.1, -0.05) is 18.5 Å². The molecule has 0 radical (unpaired) electrons. The molecule has 1 rings (SSSR count). The Hall–Kier alpha value is -0.580. The summed E-state index contributed by atoms with van der Waals surface area (Å²) in [6.07, 6.45) is 0. The van der Waals surface area contributed by atoms with Crippen LogP contribution in [0.2, 0.25) is 5.02 Å². The number of sulfonamides is 1. The minimum atomic E-state index is -3.37. The van der Waals surface area contributed by atoms with E-state index in [1.807, 2.05) is 0 Å². The first-order valence-corrected chi connectivity index (χ1v) is 6.09. The Morgan fingerprint density at radius 1 is 1.43 bits per heavy atom. The fraction of sp³-hybridized carbons (Fsp3) is 0.333. The van der Waals surface area contributed by atoms with Crippen LogP contribution in [0, 0.1) is 6.92 Å². The van der Waals surface area contributed by atoms with Gasteiger partial charge >= 0.3 is 0 Å². The van der Waals surface area contributed by atoms with Crippen molar-refractivity contribution < 1.29 is 8.42 Å². The van der Waals surface area contributed by atoms with Crippen molar-refractivity contribution in [1.82, 2.24) is 4.72 Å². The van der Waals surface area contributed by atoms with Gasteiger partial charge < -0.3 is 0 Å². The van der Waals surface area contributed by atoms with Gasteiger partial charge in [0, 0.05) is 11.6 Å². The molecule has 0 heterocycles. The molecule has 0 aliphatic heterocycles. The van der Waals surface area contributed by atoms with Gasteiger partial charge in [0.15, 0.2) is 0 Å². The molecule has 14 heavy (non-hydrogen) atoms. The van der Waals surface area contributed by atoms with Crippen molar-refractivity contribution >= 4 is 21.6 Å². The molecule has 0 saturated heterocycles. The van der Waals surface area contributed by atoms with Gasteiger partial charge in [0.05, 0.1) is 4.90 Å². The second-order valence-electron chi connectivity index (χ2n) is 2.91. The highest BCUT2D eigenvalue weighted by Gasteiger charge is 2.14. The lowest BCUT2D eigenvalue weighted by molar-refractivity contribution is 0.583. The maximum Gasteiger partial charge on any atom is 0.240 e. The zero-order valence-corrected chi connectivity index (χ0v) is 9.61. The SMILES string of the molecule is CCNS(=O)(=O)c1ccc(Cl)cc1C. The van der Waals surface area contributed by atoms with Crippen LogP contribution in [0.1, 0.15) is 12.5 Å². The Bertz CT molecular complexity index is 428. The van der Waals surface area contributed by atoms with E-state index in [-0.39, 0.29) is 4.90 Å². The molecular weight excluding hydrogens is 222 g/mol. The molecule has 0 fully saturated rings. The van der Waals surface area contributed by atoms with E-state index in [2.05, 4.69) is 4.72 Å². The maximum absolute atomic E-state index is 11.6. The van der Waals surface area contributed by atoms with Crippen LogP contribution in [0.3, 0.4) is 0 Å². The Morgan fingerprint density at radius 2 is 2.07 bits per heavy atom. The second kappa shape index (κ2) is 4.29. The molecule has 0 spiro atoms. The van der Waals surface area contributed by atoms with Gasteiger partial charge in [-0.3, -0.25) is 0 Å². The van der Waals surface area contributed by atoms with E-state index in [1.54, 1.807) is 26.0 Å². The number of hydrogen-bond acceptors (Lipinski definition) is 2. The van der Waals surface area contributed by atoms with E-state index in [0.717, 1.165) is 0 Å². The normalized spacial score (nSPS) is 11.6. The Balaban J connectivity index is 3.20. The third kappa shape index (κ3) is 2.47. The lowest BCUT2D eigenvalue weighted by Crippen LogP contribution is -2.23. The van der Waals surface area contributed by atoms with Gasteiger partial charge in [0.25, 0.3) is 0 Å². The van der Waals surface area contributed by atoms with Gasteiger partial charge in [-0.15, -0.1) is 0 Å². The highest BCUT2D eigenvalue weighted by Crippen LogP contribution is 2.19. The van der Waals surface area contributed by atoms with Crippen LogP contribution in [0.25, 0.3) is 0 Å². The van der Waals surface area contributed by atoms with Crippen molar-refractivity contribution in [2.24, 2.45) is 0 Å². The summed E-state index contributed by atoms with van der Waals surface area (Å²) in [7, 11) is -3.37. The smallest absolute Gasteiger partial charge is 0.211 e. The lowest BCUT2D eigenvalue weighted by Gasteiger charge is -2.07. The molecule has 1 aromatic rings. The molecule has 1 aromatic carbocycles. The van der Waals surface area contributed by atoms with Crippen molar-refractivity contribution in [3.05, 3.63) is 28.8 Å². The first-order chi connectivity index (χ1) is 6.47. The molecule has 0 aliphatic rings. The molecule has 0 bridgehead atoms. The van der Waals surface area contributed by atoms with Crippen molar-refractivity contribution in [3.8, 4) is 0 Å². The number of aryl methyl sites for hydroxylation is 1. The van der Waals surface area contributed by atoms with Gasteiger partial charge in [0.1, 0.15) is 0 Å². The van der Waals surface area contributed by atoms with E-state index in [9.17, 15) is 8.42 Å². The molecule has 0 unspecified atom stereocenters. The summed E-state index contributed by atoms with van der Waals surface area (Å²) in [6.45, 7) is 3.84. The summed E-state index contributed by atoms with van der Waals surface area (Å²) in [5.74, 6) is 0. The number of rotatable bonds is 3. The predicted molar refractivity (Wildman–Crippen MR) is 57.1 cm³/mol. The highest BCUT2D eigenvalue weighted by molar-refractivity contribution is 7.89. The summed E-state index contributed by atoms with van der Waals surface area (Å²) in [4.78, 5) is 0.281. The molecule has 0 atom stereocenters. The Kier molecular flexibility index (Phi) is 3.53. The quantitative estimate of drug-likeness (QED) is 0.868. The van der Waals surface area contributed by atoms with E-state index in [0.29, 0.717) is 17.1 Å². The van der Waals surface area contributed by atoms with Gasteiger partial charge in [0.2, 0.25) is 10.0 Å². The van der Waals surface area contributed by atoms with Crippen molar-refractivity contribution in [2.45, 2.75) is 18.7 Å². The van der Waals surface area contributed by atoms with Crippen molar-refractivity contribution in [1.29, 1.82) is 0 Å². The second-order valence-corrected chi connectivity index (χ2v) is 5.08. The maximum atomic E-state index is 11.6. The Morgan fingerprint density at radius 3 is 2.57 bits per heavy atom. The molecule has 3 nitrogen and oxygen atoms in total. The van der Waals surface area contributed by atoms with E-state index in [1.165, 1.54) is 6.07 Å². The van der Waals surface area contributed by atoms with Crippen LogP contribution in [0.5, 0.6) is 0 Å². The van der Waals surface area contributed by atoms with Crippen LogP contribution >= 0.6 is 11.6 Å². The average molecular weight is 234 g/mol. The summed E-state index contributed by atoms with van der Waals surface area (Å²) in [5, 5.41) is 0.540. The third-order valence-corrected chi connectivity index (χ3v) is 3.70. The van der Waals surface area contributed by atoms with Crippen LogP contribution in [-0.2, 0) is 10.0 Å². The number of halogens is 1. The molecule has 5 heteroatoms. The standard InChI is InChI=1S/C9H12ClNO2S/c1-3-11-14(12,13)9-5-4-8(10)6-7(9)2/h4-6,11H,3H2,1-2H3. The predicted octanol–water partition coefficient (Wildman–Crippen LogP) is 1.95. The van der Waals surface area contributed by atoms with E-state index in [4.69, 9.17) is 11.6 Å². The molecular formula is C9H12ClNO2S. The molecule has 0 saturated carbocycles. The molecule has 1 N–H and O–H groups in total. The summed E-state index contributed by atoms with van der Waals surface area (Å²) in [5.41, 5.74) is 0.651. The summed E-state index contributed by atoms with van der Waals surface area (Å²) >= 11 is 5.73. The Labute approximate surface area is 89.1 Å². The monoisotopic (exact) mass is 233 g/mol. The first-order valence-electron chi connectivity index (χ1n) is 4.23. The summed E-state index contributed by atoms with van der Waals surface area (Å²) in [6, 6.07) is 4.71. The summed E-state index contributed by atoms with van der Waals surface area (Å²) < 4.78 is 25.6. The van der Waals surface area contributed by atoms with E-state index >= 15 is 0 Å². The molecule has 0 amide bonds. The fourth-order valence-electron chi connectivity index (χ4n) is 1.18. The van der Waals surface area contributed by atoms with E-state index < -0.39 is 10.0 Å². The zero-order chi connectivity index (χ0) is 10.8. The van der Waals surface area contributed by atoms with Gasteiger partial charge in [-0.05, 0) is 30.7 Å². The topological polar surface area (TPSA) is 46.2 Å². The number of benzene rings is 1. The fourth-order valence-corrected chi connectivity index (χ4v) is 2.67. The minimum Gasteiger partial charge on any atom is -0.211 e. The minimum absolute atomic E-state index is 0.281. The van der Waals surface area contributed by atoms with Crippen LogP contribution in [-0.4, -0.2) is 15.0 Å². The number of hydrogen-bond donors (Lipinski definition) is 1. The average Bonchev–Trinajstić information content (AvgIpc) is 2.02. The van der Waals surface area contributed by atoms with Gasteiger partial charge in [-0.25, -0.2) is 13.1 Å². The zero-order valence-electron chi connectivity index (χ0n) is 8.04. The molecule has 0 aromatic heterocycles. The third-order valence-electron chi connectivity index (χ3n) is 1.76. The number of nitrogens with one attached hydrogen (secondary N) is 1. The first kappa shape index (κ1) is 11.5. The van der Waals surface area contributed by atoms with Crippen LogP contribution < -0.4 is 4.72 Å². The highest BCUT2D eigenvalue weighted by atomic mass is 35.5. The molecule has 78 valence electrons. The lowest BCUT2D eigenvalue weighted by atomic mass is 10.2. The van der Waals surface area contributed by atoms with Crippen molar-refractivity contribution in [3.63, 3.8) is 0 Å². The van der Waals surface area contributed by atoms with Gasteiger partial charge in [-0.2, -0.15) is 0 Å². The van der Waals surface area contributed by atoms with Crippen molar-refractivity contribution in [2.75, 3.05) is 6.54 Å². The van der Waals surface area contributed by atoms with Crippen LogP contribution in [0.15, 0.2) is 23.1 Å². The molecule has 0 aliphatic carbocycles. The largest absolute Gasteiger partial charge is 0.240 e. The van der Waals surface area contributed by atoms with Crippen LogP contribution in [0.4, 0.5) is 0 Å².